The van der Waals surface area contributed by atoms with Crippen LogP contribution in [0.25, 0.3) is 0 Å². The van der Waals surface area contributed by atoms with Gasteiger partial charge >= 0.3 is 0 Å². The van der Waals surface area contributed by atoms with Crippen LogP contribution in [0.1, 0.15) is 37.6 Å². The molecule has 0 saturated heterocycles. The van der Waals surface area contributed by atoms with E-state index >= 15 is 0 Å². The van der Waals surface area contributed by atoms with Gasteiger partial charge in [0.2, 0.25) is 0 Å². The molecule has 0 heterocycles. The number of ether oxygens (including phenoxy) is 1. The SMILES string of the molecule is CCC(C)CS(=O)C(C)C(=O)c1ccc(OC)cc1. The fourth-order valence-corrected chi connectivity index (χ4v) is 3.11. The van der Waals surface area contributed by atoms with Crippen LogP contribution < -0.4 is 4.74 Å². The van der Waals surface area contributed by atoms with Crippen LogP contribution in [0, 0.1) is 5.92 Å². The number of benzene rings is 1. The van der Waals surface area contributed by atoms with Crippen LogP contribution in [-0.4, -0.2) is 28.1 Å². The second-order valence-corrected chi connectivity index (χ2v) is 6.60. The third-order valence-corrected chi connectivity index (χ3v) is 5.18. The Balaban J connectivity index is 2.72. The minimum absolute atomic E-state index is 0.0655. The molecule has 1 aromatic carbocycles. The lowest BCUT2D eigenvalue weighted by atomic mass is 10.1. The van der Waals surface area contributed by atoms with Crippen molar-refractivity contribution in [3.8, 4) is 5.75 Å². The fourth-order valence-electron chi connectivity index (χ4n) is 1.65. The molecule has 0 bridgehead atoms. The third-order valence-electron chi connectivity index (χ3n) is 3.28. The van der Waals surface area contributed by atoms with Gasteiger partial charge in [0.1, 0.15) is 5.75 Å². The molecule has 0 aliphatic carbocycles. The lowest BCUT2D eigenvalue weighted by molar-refractivity contribution is 0.0992. The molecule has 1 rings (SSSR count). The molecule has 19 heavy (non-hydrogen) atoms. The van der Waals surface area contributed by atoms with Crippen molar-refractivity contribution in [2.75, 3.05) is 12.9 Å². The Morgan fingerprint density at radius 1 is 1.26 bits per heavy atom. The molecule has 0 aliphatic rings. The van der Waals surface area contributed by atoms with Gasteiger partial charge in [-0.1, -0.05) is 20.3 Å². The van der Waals surface area contributed by atoms with E-state index in [0.717, 1.165) is 6.42 Å². The average molecular weight is 282 g/mol. The lowest BCUT2D eigenvalue weighted by Crippen LogP contribution is -2.26. The van der Waals surface area contributed by atoms with Crippen LogP contribution in [-0.2, 0) is 10.8 Å². The minimum atomic E-state index is -1.11. The first-order valence-electron chi connectivity index (χ1n) is 6.55. The molecule has 3 atom stereocenters. The highest BCUT2D eigenvalue weighted by atomic mass is 32.2. The van der Waals surface area contributed by atoms with Gasteiger partial charge < -0.3 is 4.74 Å². The van der Waals surface area contributed by atoms with E-state index in [4.69, 9.17) is 4.74 Å². The number of rotatable bonds is 7. The molecule has 106 valence electrons. The van der Waals surface area contributed by atoms with E-state index < -0.39 is 16.0 Å². The number of methoxy groups -OCH3 is 1. The molecule has 0 radical (unpaired) electrons. The Hall–Kier alpha value is -1.16. The highest BCUT2D eigenvalue weighted by Crippen LogP contribution is 2.15. The summed E-state index contributed by atoms with van der Waals surface area (Å²) >= 11 is 0. The molecular weight excluding hydrogens is 260 g/mol. The first-order valence-corrected chi connectivity index (χ1v) is 7.93. The highest BCUT2D eigenvalue weighted by molar-refractivity contribution is 7.86. The summed E-state index contributed by atoms with van der Waals surface area (Å²) in [5.74, 6) is 1.61. The lowest BCUT2D eigenvalue weighted by Gasteiger charge is -2.14. The maximum Gasteiger partial charge on any atom is 0.178 e. The zero-order valence-corrected chi connectivity index (χ0v) is 12.8. The molecule has 0 N–H and O–H groups in total. The van der Waals surface area contributed by atoms with Crippen molar-refractivity contribution in [3.05, 3.63) is 29.8 Å². The van der Waals surface area contributed by atoms with Gasteiger partial charge in [0, 0.05) is 22.1 Å². The summed E-state index contributed by atoms with van der Waals surface area (Å²) in [7, 11) is 0.471. The number of hydrogen-bond acceptors (Lipinski definition) is 3. The van der Waals surface area contributed by atoms with Crippen LogP contribution >= 0.6 is 0 Å². The molecule has 1 aromatic rings. The normalized spacial score (nSPS) is 15.6. The van der Waals surface area contributed by atoms with Crippen molar-refractivity contribution >= 4 is 16.6 Å². The standard InChI is InChI=1S/C15H22O3S/c1-5-11(2)10-19(17)12(3)15(16)13-6-8-14(18-4)9-7-13/h6-9,11-12H,5,10H2,1-4H3. The zero-order chi connectivity index (χ0) is 14.4. The van der Waals surface area contributed by atoms with E-state index in [1.165, 1.54) is 0 Å². The Labute approximate surface area is 117 Å². The highest BCUT2D eigenvalue weighted by Gasteiger charge is 2.22. The van der Waals surface area contributed by atoms with Crippen LogP contribution in [0.2, 0.25) is 0 Å². The summed E-state index contributed by atoms with van der Waals surface area (Å²) in [5.41, 5.74) is 0.589. The van der Waals surface area contributed by atoms with Crippen molar-refractivity contribution in [2.45, 2.75) is 32.4 Å². The number of ketones is 1. The Kier molecular flexibility index (Phi) is 6.22. The van der Waals surface area contributed by atoms with Gasteiger partial charge in [0.05, 0.1) is 12.4 Å². The predicted molar refractivity (Wildman–Crippen MR) is 79.3 cm³/mol. The van der Waals surface area contributed by atoms with Crippen molar-refractivity contribution < 1.29 is 13.7 Å². The second-order valence-electron chi connectivity index (χ2n) is 4.80. The minimum Gasteiger partial charge on any atom is -0.497 e. The van der Waals surface area contributed by atoms with E-state index in [2.05, 4.69) is 13.8 Å². The first-order chi connectivity index (χ1) is 8.99. The monoisotopic (exact) mass is 282 g/mol. The quantitative estimate of drug-likeness (QED) is 0.722. The molecule has 0 amide bonds. The number of Topliss-reactive ketones (excluding diaryl/α,β-unsaturated/α-hetero) is 1. The molecule has 0 spiro atoms. The summed E-state index contributed by atoms with van der Waals surface area (Å²) in [4.78, 5) is 12.2. The molecule has 3 nitrogen and oxygen atoms in total. The van der Waals surface area contributed by atoms with Gasteiger partial charge in [-0.15, -0.1) is 0 Å². The molecule has 0 aliphatic heterocycles. The average Bonchev–Trinajstić information content (AvgIpc) is 2.45. The summed E-state index contributed by atoms with van der Waals surface area (Å²) in [6.45, 7) is 5.87. The summed E-state index contributed by atoms with van der Waals surface area (Å²) in [6, 6.07) is 6.94. The summed E-state index contributed by atoms with van der Waals surface area (Å²) < 4.78 is 17.2. The third kappa shape index (κ3) is 4.46. The van der Waals surface area contributed by atoms with Crippen molar-refractivity contribution in [2.24, 2.45) is 5.92 Å². The maximum atomic E-state index is 12.2. The van der Waals surface area contributed by atoms with Gasteiger partial charge in [-0.25, -0.2) is 0 Å². The van der Waals surface area contributed by atoms with E-state index in [1.54, 1.807) is 38.3 Å². The Bertz CT molecular complexity index is 439. The fraction of sp³-hybridized carbons (Fsp3) is 0.533. The van der Waals surface area contributed by atoms with Crippen LogP contribution in [0.3, 0.4) is 0 Å². The van der Waals surface area contributed by atoms with Crippen LogP contribution in [0.4, 0.5) is 0 Å². The Morgan fingerprint density at radius 3 is 2.32 bits per heavy atom. The van der Waals surface area contributed by atoms with Gasteiger partial charge in [0.15, 0.2) is 5.78 Å². The van der Waals surface area contributed by atoms with Gasteiger partial charge in [-0.3, -0.25) is 9.00 Å². The van der Waals surface area contributed by atoms with E-state index in [-0.39, 0.29) is 5.78 Å². The van der Waals surface area contributed by atoms with Crippen LogP contribution in [0.5, 0.6) is 5.75 Å². The number of carbonyl (C=O) groups is 1. The zero-order valence-electron chi connectivity index (χ0n) is 12.0. The second kappa shape index (κ2) is 7.43. The van der Waals surface area contributed by atoms with E-state index in [9.17, 15) is 9.00 Å². The van der Waals surface area contributed by atoms with E-state index in [1.807, 2.05) is 0 Å². The van der Waals surface area contributed by atoms with Crippen molar-refractivity contribution in [1.82, 2.24) is 0 Å². The smallest absolute Gasteiger partial charge is 0.178 e. The molecule has 0 saturated carbocycles. The van der Waals surface area contributed by atoms with Crippen LogP contribution in [0.15, 0.2) is 24.3 Å². The van der Waals surface area contributed by atoms with Gasteiger partial charge in [-0.05, 0) is 37.1 Å². The Morgan fingerprint density at radius 2 is 1.84 bits per heavy atom. The first kappa shape index (κ1) is 15.9. The van der Waals surface area contributed by atoms with Crippen molar-refractivity contribution in [1.29, 1.82) is 0 Å². The van der Waals surface area contributed by atoms with E-state index in [0.29, 0.717) is 23.0 Å². The molecular formula is C15H22O3S. The summed E-state index contributed by atoms with van der Waals surface area (Å²) in [6.07, 6.45) is 0.981. The van der Waals surface area contributed by atoms with Gasteiger partial charge in [-0.2, -0.15) is 0 Å². The molecule has 3 unspecified atom stereocenters. The van der Waals surface area contributed by atoms with Crippen molar-refractivity contribution in [3.63, 3.8) is 0 Å². The summed E-state index contributed by atoms with van der Waals surface area (Å²) in [5, 5.41) is -0.456. The largest absolute Gasteiger partial charge is 0.497 e. The maximum absolute atomic E-state index is 12.2. The molecule has 4 heteroatoms. The van der Waals surface area contributed by atoms with Gasteiger partial charge in [0.25, 0.3) is 0 Å². The number of carbonyl (C=O) groups excluding carboxylic acids is 1. The molecule has 0 fully saturated rings. The number of hydrogen-bond donors (Lipinski definition) is 0. The predicted octanol–water partition coefficient (Wildman–Crippen LogP) is 3.06. The topological polar surface area (TPSA) is 43.4 Å². The molecule has 0 aromatic heterocycles.